The number of nitrogens with zero attached hydrogens (tertiary/aromatic N) is 2. The van der Waals surface area contributed by atoms with Crippen LogP contribution < -0.4 is 0 Å². The molecule has 2 rings (SSSR count). The fraction of sp³-hybridized carbons (Fsp3) is 0.619. The summed E-state index contributed by atoms with van der Waals surface area (Å²) in [5, 5.41) is 0. The summed E-state index contributed by atoms with van der Waals surface area (Å²) < 4.78 is 32.4. The van der Waals surface area contributed by atoms with Gasteiger partial charge in [-0.3, -0.25) is 4.79 Å². The standard InChI is InChI=1S/C21H32N2O5S/c1-15(2)23(16(3)4)20(24)14-28-21(25)18-9-11-19(12-10-18)29(26,27)22-13-7-6-8-17(22)5/h9-12,15-17H,6-8,13-14H2,1-5H3/t17-/m1/s1. The van der Waals surface area contributed by atoms with Crippen molar-refractivity contribution in [2.75, 3.05) is 13.2 Å². The topological polar surface area (TPSA) is 84.0 Å². The van der Waals surface area contributed by atoms with Crippen molar-refractivity contribution < 1.29 is 22.7 Å². The van der Waals surface area contributed by atoms with Gasteiger partial charge in [0.15, 0.2) is 6.61 Å². The second-order valence-corrected chi connectivity index (χ2v) is 9.94. The molecule has 1 saturated heterocycles. The van der Waals surface area contributed by atoms with Gasteiger partial charge < -0.3 is 9.64 Å². The normalized spacial score (nSPS) is 18.1. The summed E-state index contributed by atoms with van der Waals surface area (Å²) in [4.78, 5) is 26.4. The van der Waals surface area contributed by atoms with E-state index in [2.05, 4.69) is 0 Å². The van der Waals surface area contributed by atoms with Gasteiger partial charge in [0.25, 0.3) is 5.91 Å². The minimum Gasteiger partial charge on any atom is -0.452 e. The van der Waals surface area contributed by atoms with Gasteiger partial charge in [-0.2, -0.15) is 4.31 Å². The number of esters is 1. The molecule has 1 amide bonds. The molecule has 1 aromatic rings. The van der Waals surface area contributed by atoms with E-state index in [-0.39, 0.29) is 41.1 Å². The molecular formula is C21H32N2O5S. The molecule has 0 aromatic heterocycles. The van der Waals surface area contributed by atoms with Crippen LogP contribution in [0.1, 0.15) is 64.2 Å². The van der Waals surface area contributed by atoms with Gasteiger partial charge in [-0.1, -0.05) is 6.42 Å². The highest BCUT2D eigenvalue weighted by atomic mass is 32.2. The van der Waals surface area contributed by atoms with E-state index in [9.17, 15) is 18.0 Å². The van der Waals surface area contributed by atoms with E-state index >= 15 is 0 Å². The average molecular weight is 425 g/mol. The highest BCUT2D eigenvalue weighted by molar-refractivity contribution is 7.89. The lowest BCUT2D eigenvalue weighted by atomic mass is 10.1. The highest BCUT2D eigenvalue weighted by Gasteiger charge is 2.31. The van der Waals surface area contributed by atoms with Crippen LogP contribution in [0.15, 0.2) is 29.2 Å². The number of hydrogen-bond acceptors (Lipinski definition) is 5. The maximum absolute atomic E-state index is 12.9. The molecule has 1 heterocycles. The van der Waals surface area contributed by atoms with E-state index in [4.69, 9.17) is 4.74 Å². The largest absolute Gasteiger partial charge is 0.452 e. The Balaban J connectivity index is 2.04. The van der Waals surface area contributed by atoms with E-state index in [1.807, 2.05) is 34.6 Å². The fourth-order valence-electron chi connectivity index (χ4n) is 3.78. The Kier molecular flexibility index (Phi) is 7.82. The number of carbonyl (C=O) groups is 2. The SMILES string of the molecule is CC(C)N(C(=O)COC(=O)c1ccc(S(=O)(=O)N2CCCC[C@H]2C)cc1)C(C)C. The van der Waals surface area contributed by atoms with Gasteiger partial charge in [0.2, 0.25) is 10.0 Å². The van der Waals surface area contributed by atoms with Crippen molar-refractivity contribution in [2.45, 2.75) is 76.9 Å². The molecule has 0 unspecified atom stereocenters. The summed E-state index contributed by atoms with van der Waals surface area (Å²) in [6, 6.07) is 5.67. The van der Waals surface area contributed by atoms with Gasteiger partial charge in [0.1, 0.15) is 0 Å². The molecule has 0 radical (unpaired) electrons. The molecule has 0 N–H and O–H groups in total. The molecule has 1 atom stereocenters. The minimum absolute atomic E-state index is 0.00266. The Bertz CT molecular complexity index is 810. The molecule has 0 spiro atoms. The van der Waals surface area contributed by atoms with E-state index in [0.29, 0.717) is 6.54 Å². The van der Waals surface area contributed by atoms with E-state index in [1.54, 1.807) is 4.90 Å². The Labute approximate surface area is 174 Å². The number of ether oxygens (including phenoxy) is 1. The third kappa shape index (κ3) is 5.57. The Morgan fingerprint density at radius 2 is 1.69 bits per heavy atom. The number of carbonyl (C=O) groups excluding carboxylic acids is 2. The van der Waals surface area contributed by atoms with Crippen molar-refractivity contribution in [1.82, 2.24) is 9.21 Å². The van der Waals surface area contributed by atoms with E-state index in [0.717, 1.165) is 19.3 Å². The van der Waals surface area contributed by atoms with Gasteiger partial charge in [-0.25, -0.2) is 13.2 Å². The van der Waals surface area contributed by atoms with Crippen LogP contribution in [-0.2, 0) is 19.6 Å². The van der Waals surface area contributed by atoms with Crippen molar-refractivity contribution in [3.8, 4) is 0 Å². The zero-order valence-corrected chi connectivity index (χ0v) is 18.7. The molecule has 0 saturated carbocycles. The number of benzene rings is 1. The van der Waals surface area contributed by atoms with Crippen LogP contribution in [0.2, 0.25) is 0 Å². The third-order valence-corrected chi connectivity index (χ3v) is 7.19. The summed E-state index contributed by atoms with van der Waals surface area (Å²) in [5.74, 6) is -0.914. The molecule has 1 aliphatic heterocycles. The van der Waals surface area contributed by atoms with Crippen molar-refractivity contribution in [3.63, 3.8) is 0 Å². The molecule has 29 heavy (non-hydrogen) atoms. The Morgan fingerprint density at radius 3 is 2.21 bits per heavy atom. The lowest BCUT2D eigenvalue weighted by molar-refractivity contribution is -0.138. The first-order valence-corrected chi connectivity index (χ1v) is 11.6. The molecule has 162 valence electrons. The minimum atomic E-state index is -3.59. The van der Waals surface area contributed by atoms with Crippen LogP contribution in [0.3, 0.4) is 0 Å². The van der Waals surface area contributed by atoms with Crippen LogP contribution in [0, 0.1) is 0 Å². The van der Waals surface area contributed by atoms with Crippen LogP contribution in [0.4, 0.5) is 0 Å². The maximum atomic E-state index is 12.9. The summed E-state index contributed by atoms with van der Waals surface area (Å²) in [7, 11) is -3.59. The number of piperidine rings is 1. The first-order valence-electron chi connectivity index (χ1n) is 10.2. The lowest BCUT2D eigenvalue weighted by Crippen LogP contribution is -2.44. The van der Waals surface area contributed by atoms with Gasteiger partial charge in [0, 0.05) is 24.7 Å². The highest BCUT2D eigenvalue weighted by Crippen LogP contribution is 2.25. The molecule has 1 fully saturated rings. The fourth-order valence-corrected chi connectivity index (χ4v) is 5.48. The summed E-state index contributed by atoms with van der Waals surface area (Å²) in [5.41, 5.74) is 0.212. The zero-order chi connectivity index (χ0) is 21.8. The molecule has 7 nitrogen and oxygen atoms in total. The van der Waals surface area contributed by atoms with Gasteiger partial charge in [-0.05, 0) is 71.7 Å². The van der Waals surface area contributed by atoms with Gasteiger partial charge in [0.05, 0.1) is 10.5 Å². The molecule has 1 aliphatic rings. The Hall–Kier alpha value is -1.93. The second kappa shape index (κ2) is 9.71. The van der Waals surface area contributed by atoms with Gasteiger partial charge >= 0.3 is 5.97 Å². The predicted octanol–water partition coefficient (Wildman–Crippen LogP) is 3.05. The van der Waals surface area contributed by atoms with Crippen molar-refractivity contribution in [1.29, 1.82) is 0 Å². The van der Waals surface area contributed by atoms with Crippen LogP contribution in [0.5, 0.6) is 0 Å². The third-order valence-electron chi connectivity index (χ3n) is 5.17. The number of amides is 1. The first-order chi connectivity index (χ1) is 13.6. The number of hydrogen-bond donors (Lipinski definition) is 0. The van der Waals surface area contributed by atoms with Crippen LogP contribution in [0.25, 0.3) is 0 Å². The molecule has 0 bridgehead atoms. The first kappa shape index (κ1) is 23.3. The van der Waals surface area contributed by atoms with Crippen molar-refractivity contribution in [3.05, 3.63) is 29.8 Å². The monoisotopic (exact) mass is 424 g/mol. The zero-order valence-electron chi connectivity index (χ0n) is 17.9. The summed E-state index contributed by atoms with van der Waals surface area (Å²) in [6.07, 6.45) is 2.73. The molecular weight excluding hydrogens is 392 g/mol. The average Bonchev–Trinajstić information content (AvgIpc) is 2.65. The van der Waals surface area contributed by atoms with Crippen molar-refractivity contribution >= 4 is 21.9 Å². The molecule has 1 aromatic carbocycles. The lowest BCUT2D eigenvalue weighted by Gasteiger charge is -2.32. The van der Waals surface area contributed by atoms with Crippen LogP contribution >= 0.6 is 0 Å². The maximum Gasteiger partial charge on any atom is 0.338 e. The van der Waals surface area contributed by atoms with Gasteiger partial charge in [-0.15, -0.1) is 0 Å². The second-order valence-electron chi connectivity index (χ2n) is 8.05. The summed E-state index contributed by atoms with van der Waals surface area (Å²) in [6.45, 7) is 9.70. The number of sulfonamides is 1. The number of rotatable bonds is 7. The van der Waals surface area contributed by atoms with E-state index in [1.165, 1.54) is 28.6 Å². The smallest absolute Gasteiger partial charge is 0.338 e. The van der Waals surface area contributed by atoms with Crippen LogP contribution in [-0.4, -0.2) is 60.8 Å². The Morgan fingerprint density at radius 1 is 1.10 bits per heavy atom. The van der Waals surface area contributed by atoms with E-state index < -0.39 is 16.0 Å². The van der Waals surface area contributed by atoms with Crippen molar-refractivity contribution in [2.24, 2.45) is 0 Å². The molecule has 0 aliphatic carbocycles. The predicted molar refractivity (Wildman–Crippen MR) is 111 cm³/mol. The quantitative estimate of drug-likeness (QED) is 0.628. The molecule has 8 heteroatoms. The summed E-state index contributed by atoms with van der Waals surface area (Å²) >= 11 is 0.